The van der Waals surface area contributed by atoms with Gasteiger partial charge >= 0.3 is 0 Å². The maximum Gasteiger partial charge on any atom is 0.236 e. The second-order valence-corrected chi connectivity index (χ2v) is 5.27. The molecule has 3 nitrogen and oxygen atoms in total. The number of carbonyl (C=O) groups excluding carboxylic acids is 1. The van der Waals surface area contributed by atoms with Crippen molar-refractivity contribution in [1.82, 2.24) is 10.6 Å². The van der Waals surface area contributed by atoms with Gasteiger partial charge in [0.25, 0.3) is 0 Å². The number of hydrogen-bond donors (Lipinski definition) is 2. The highest BCUT2D eigenvalue weighted by Gasteiger charge is 2.09. The molecule has 1 aromatic heterocycles. The highest BCUT2D eigenvalue weighted by molar-refractivity contribution is 9.11. The van der Waals surface area contributed by atoms with Crippen molar-refractivity contribution >= 4 is 45.6 Å². The number of amides is 1. The lowest BCUT2D eigenvalue weighted by Crippen LogP contribution is -2.40. The molecule has 0 saturated heterocycles. The number of halogens is 2. The molecule has 1 heterocycles. The Kier molecular flexibility index (Phi) is 7.17. The lowest BCUT2D eigenvalue weighted by molar-refractivity contribution is -0.122. The summed E-state index contributed by atoms with van der Waals surface area (Å²) in [6, 6.07) is 1.90. The van der Waals surface area contributed by atoms with Crippen molar-refractivity contribution in [3.05, 3.63) is 20.8 Å². The van der Waals surface area contributed by atoms with Crippen molar-refractivity contribution < 1.29 is 4.79 Å². The zero-order chi connectivity index (χ0) is 10.6. The van der Waals surface area contributed by atoms with E-state index in [4.69, 9.17) is 0 Å². The smallest absolute Gasteiger partial charge is 0.236 e. The Morgan fingerprint density at radius 3 is 2.80 bits per heavy atom. The molecule has 15 heavy (non-hydrogen) atoms. The predicted molar refractivity (Wildman–Crippen MR) is 69.6 cm³/mol. The molecule has 0 radical (unpaired) electrons. The average molecular weight is 314 g/mol. The Labute approximate surface area is 108 Å². The zero-order valence-electron chi connectivity index (χ0n) is 8.54. The third-order valence-corrected chi connectivity index (χ3v) is 3.43. The quantitative estimate of drug-likeness (QED) is 0.894. The highest BCUT2D eigenvalue weighted by atomic mass is 79.9. The van der Waals surface area contributed by atoms with E-state index in [2.05, 4.69) is 31.9 Å². The van der Waals surface area contributed by atoms with Crippen molar-refractivity contribution in [2.24, 2.45) is 0 Å². The summed E-state index contributed by atoms with van der Waals surface area (Å²) in [4.78, 5) is 11.2. The summed E-state index contributed by atoms with van der Waals surface area (Å²) >= 11 is 5.04. The minimum absolute atomic E-state index is 0. The summed E-state index contributed by atoms with van der Waals surface area (Å²) in [5.74, 6) is 0.0132. The van der Waals surface area contributed by atoms with Crippen molar-refractivity contribution in [2.75, 3.05) is 7.05 Å². The van der Waals surface area contributed by atoms with Crippen molar-refractivity contribution in [2.45, 2.75) is 19.5 Å². The molecule has 1 amide bonds. The van der Waals surface area contributed by atoms with Crippen molar-refractivity contribution in [3.8, 4) is 0 Å². The van der Waals surface area contributed by atoms with E-state index in [-0.39, 0.29) is 24.4 Å². The van der Waals surface area contributed by atoms with Gasteiger partial charge in [-0.05, 0) is 39.9 Å². The molecule has 1 atom stereocenters. The Balaban J connectivity index is 0.00000196. The van der Waals surface area contributed by atoms with Gasteiger partial charge in [-0.1, -0.05) is 0 Å². The standard InChI is InChI=1S/C9H13BrN2OS.ClH/c1-6(9(13)11-2)12-4-7-3-8(10)14-5-7;/h3,5-6,12H,4H2,1-2H3,(H,11,13);1H/t6-;/m1./s1. The number of carbonyl (C=O) groups is 1. The number of hydrogen-bond acceptors (Lipinski definition) is 3. The van der Waals surface area contributed by atoms with E-state index in [0.717, 1.165) is 10.3 Å². The topological polar surface area (TPSA) is 41.1 Å². The SMILES string of the molecule is CNC(=O)[C@@H](C)NCc1csc(Br)c1.Cl. The van der Waals surface area contributed by atoms with Crippen LogP contribution in [0.15, 0.2) is 15.2 Å². The van der Waals surface area contributed by atoms with E-state index in [1.165, 1.54) is 5.56 Å². The molecule has 2 N–H and O–H groups in total. The fraction of sp³-hybridized carbons (Fsp3) is 0.444. The molecule has 0 aromatic carbocycles. The number of nitrogens with one attached hydrogen (secondary N) is 2. The first kappa shape index (κ1) is 14.9. The minimum Gasteiger partial charge on any atom is -0.358 e. The molecule has 0 spiro atoms. The molecule has 1 rings (SSSR count). The third-order valence-electron chi connectivity index (χ3n) is 1.87. The van der Waals surface area contributed by atoms with E-state index in [1.54, 1.807) is 18.4 Å². The van der Waals surface area contributed by atoms with Crippen LogP contribution in [0.2, 0.25) is 0 Å². The zero-order valence-corrected chi connectivity index (χ0v) is 11.8. The van der Waals surface area contributed by atoms with Crippen LogP contribution >= 0.6 is 39.7 Å². The predicted octanol–water partition coefficient (Wildman–Crippen LogP) is 2.16. The Morgan fingerprint density at radius 1 is 1.67 bits per heavy atom. The van der Waals surface area contributed by atoms with Gasteiger partial charge in [0.15, 0.2) is 0 Å². The van der Waals surface area contributed by atoms with Crippen LogP contribution in [0.25, 0.3) is 0 Å². The van der Waals surface area contributed by atoms with Crippen LogP contribution in [-0.4, -0.2) is 19.0 Å². The maximum atomic E-state index is 11.2. The van der Waals surface area contributed by atoms with Gasteiger partial charge in [0, 0.05) is 13.6 Å². The molecule has 0 bridgehead atoms. The molecule has 0 unspecified atom stereocenters. The van der Waals surface area contributed by atoms with Crippen LogP contribution in [0.1, 0.15) is 12.5 Å². The van der Waals surface area contributed by atoms with Gasteiger partial charge in [-0.15, -0.1) is 23.7 Å². The van der Waals surface area contributed by atoms with Gasteiger partial charge in [0.2, 0.25) is 5.91 Å². The van der Waals surface area contributed by atoms with Gasteiger partial charge < -0.3 is 10.6 Å². The summed E-state index contributed by atoms with van der Waals surface area (Å²) in [5, 5.41) is 7.80. The fourth-order valence-electron chi connectivity index (χ4n) is 1.02. The third kappa shape index (κ3) is 4.97. The second-order valence-electron chi connectivity index (χ2n) is 2.98. The second kappa shape index (κ2) is 7.22. The van der Waals surface area contributed by atoms with Crippen molar-refractivity contribution in [1.29, 1.82) is 0 Å². The summed E-state index contributed by atoms with van der Waals surface area (Å²) in [6.07, 6.45) is 0. The molecular weight excluding hydrogens is 300 g/mol. The van der Waals surface area contributed by atoms with Crippen LogP contribution in [0, 0.1) is 0 Å². The lowest BCUT2D eigenvalue weighted by Gasteiger charge is -2.10. The number of thiophene rings is 1. The van der Waals surface area contributed by atoms with E-state index in [0.29, 0.717) is 0 Å². The molecular formula is C9H14BrClN2OS. The normalized spacial score (nSPS) is 11.7. The molecule has 86 valence electrons. The van der Waals surface area contributed by atoms with Crippen LogP contribution < -0.4 is 10.6 Å². The molecule has 1 aromatic rings. The first-order chi connectivity index (χ1) is 6.63. The van der Waals surface area contributed by atoms with Crippen LogP contribution in [0.5, 0.6) is 0 Å². The number of rotatable bonds is 4. The summed E-state index contributed by atoms with van der Waals surface area (Å²) in [5.41, 5.74) is 1.19. The largest absolute Gasteiger partial charge is 0.358 e. The summed E-state index contributed by atoms with van der Waals surface area (Å²) in [6.45, 7) is 2.57. The van der Waals surface area contributed by atoms with Crippen LogP contribution in [0.4, 0.5) is 0 Å². The molecule has 6 heteroatoms. The van der Waals surface area contributed by atoms with Gasteiger partial charge in [-0.2, -0.15) is 0 Å². The summed E-state index contributed by atoms with van der Waals surface area (Å²) in [7, 11) is 1.64. The maximum absolute atomic E-state index is 11.2. The van der Waals surface area contributed by atoms with Crippen LogP contribution in [-0.2, 0) is 11.3 Å². The molecule has 0 fully saturated rings. The summed E-state index contributed by atoms with van der Waals surface area (Å²) < 4.78 is 1.11. The monoisotopic (exact) mass is 312 g/mol. The van der Waals surface area contributed by atoms with Gasteiger partial charge in [-0.3, -0.25) is 4.79 Å². The molecule has 0 aliphatic carbocycles. The molecule has 0 aliphatic rings. The van der Waals surface area contributed by atoms with E-state index in [9.17, 15) is 4.79 Å². The van der Waals surface area contributed by atoms with E-state index in [1.807, 2.05) is 13.0 Å². The van der Waals surface area contributed by atoms with Gasteiger partial charge in [0.1, 0.15) is 0 Å². The molecule has 0 saturated carbocycles. The van der Waals surface area contributed by atoms with Crippen LogP contribution in [0.3, 0.4) is 0 Å². The Morgan fingerprint density at radius 2 is 2.33 bits per heavy atom. The average Bonchev–Trinajstić information content (AvgIpc) is 2.59. The first-order valence-corrected chi connectivity index (χ1v) is 5.98. The lowest BCUT2D eigenvalue weighted by atomic mass is 10.3. The van der Waals surface area contributed by atoms with E-state index >= 15 is 0 Å². The Hall–Kier alpha value is -0.100. The van der Waals surface area contributed by atoms with E-state index < -0.39 is 0 Å². The minimum atomic E-state index is -0.154. The van der Waals surface area contributed by atoms with Gasteiger partial charge in [-0.25, -0.2) is 0 Å². The first-order valence-electron chi connectivity index (χ1n) is 4.31. The number of likely N-dealkylation sites (N-methyl/N-ethyl adjacent to an activating group) is 1. The fourth-order valence-corrected chi connectivity index (χ4v) is 2.23. The van der Waals surface area contributed by atoms with Gasteiger partial charge in [0.05, 0.1) is 9.83 Å². The Bertz CT molecular complexity index is 319. The highest BCUT2D eigenvalue weighted by Crippen LogP contribution is 2.20. The molecule has 0 aliphatic heterocycles. The van der Waals surface area contributed by atoms with Crippen molar-refractivity contribution in [3.63, 3.8) is 0 Å².